The van der Waals surface area contributed by atoms with Crippen molar-refractivity contribution < 1.29 is 27.9 Å². The van der Waals surface area contributed by atoms with Gasteiger partial charge in [-0.1, -0.05) is 0 Å². The van der Waals surface area contributed by atoms with Crippen molar-refractivity contribution in [3.8, 4) is 0 Å². The fourth-order valence-electron chi connectivity index (χ4n) is 1.84. The molecule has 0 saturated heterocycles. The zero-order chi connectivity index (χ0) is 16.7. The molecule has 0 aliphatic carbocycles. The molecule has 0 aliphatic rings. The number of aromatic nitrogens is 4. The Balaban J connectivity index is 2.45. The minimum atomic E-state index is -5.07. The molecule has 0 aliphatic heterocycles. The average molecular weight is 317 g/mol. The summed E-state index contributed by atoms with van der Waals surface area (Å²) < 4.78 is 37.6. The highest BCUT2D eigenvalue weighted by atomic mass is 19.4. The highest BCUT2D eigenvalue weighted by molar-refractivity contribution is 5.93. The molecule has 0 spiro atoms. The summed E-state index contributed by atoms with van der Waals surface area (Å²) in [6, 6.07) is 0. The van der Waals surface area contributed by atoms with Gasteiger partial charge in [0.1, 0.15) is 0 Å². The molecule has 0 unspecified atom stereocenters. The van der Waals surface area contributed by atoms with Gasteiger partial charge in [-0.2, -0.15) is 22.7 Å². The molecular formula is C11H10F3N5O3. The Morgan fingerprint density at radius 2 is 1.91 bits per heavy atom. The lowest BCUT2D eigenvalue weighted by molar-refractivity contribution is -0.167. The number of aryl methyl sites for hydroxylation is 2. The molecule has 2 N–H and O–H groups in total. The molecular weight excluding hydrogens is 307 g/mol. The maximum Gasteiger partial charge on any atom is 0.471 e. The summed E-state index contributed by atoms with van der Waals surface area (Å²) >= 11 is 0. The number of hydrogen-bond donors (Lipinski definition) is 2. The van der Waals surface area contributed by atoms with E-state index < -0.39 is 24.0 Å². The predicted molar refractivity (Wildman–Crippen MR) is 66.3 cm³/mol. The third kappa shape index (κ3) is 2.97. The number of carboxylic acids is 1. The SMILES string of the molecule is Cc1nc2nc(NC(=O)C(F)(F)F)nn2c(C)c1CC(=O)O. The maximum atomic E-state index is 12.2. The average Bonchev–Trinajstić information content (AvgIpc) is 2.75. The molecule has 0 bridgehead atoms. The maximum absolute atomic E-state index is 12.2. The number of carboxylic acid groups (broad SMARTS) is 1. The number of fused-ring (bicyclic) bond motifs is 1. The number of nitrogens with one attached hydrogen (secondary N) is 1. The van der Waals surface area contributed by atoms with Gasteiger partial charge < -0.3 is 5.11 Å². The number of nitrogens with zero attached hydrogens (tertiary/aromatic N) is 4. The van der Waals surface area contributed by atoms with E-state index in [1.807, 2.05) is 0 Å². The second-order valence-electron chi connectivity index (χ2n) is 4.43. The first-order valence-electron chi connectivity index (χ1n) is 5.92. The van der Waals surface area contributed by atoms with Crippen LogP contribution in [0.3, 0.4) is 0 Å². The second kappa shape index (κ2) is 5.24. The zero-order valence-electron chi connectivity index (χ0n) is 11.4. The number of rotatable bonds is 3. The lowest BCUT2D eigenvalue weighted by atomic mass is 10.1. The lowest BCUT2D eigenvalue weighted by Gasteiger charge is -2.07. The number of aliphatic carboxylic acids is 1. The Hall–Kier alpha value is -2.72. The largest absolute Gasteiger partial charge is 0.481 e. The van der Waals surface area contributed by atoms with Crippen LogP contribution in [0.5, 0.6) is 0 Å². The van der Waals surface area contributed by atoms with Crippen LogP contribution < -0.4 is 5.32 Å². The van der Waals surface area contributed by atoms with E-state index in [0.717, 1.165) is 4.52 Å². The van der Waals surface area contributed by atoms with Gasteiger partial charge >= 0.3 is 18.1 Å². The minimum absolute atomic E-state index is 0.0402. The van der Waals surface area contributed by atoms with E-state index >= 15 is 0 Å². The third-order valence-corrected chi connectivity index (χ3v) is 2.86. The monoisotopic (exact) mass is 317 g/mol. The number of carbonyl (C=O) groups is 2. The normalized spacial score (nSPS) is 11.7. The van der Waals surface area contributed by atoms with Gasteiger partial charge in [-0.3, -0.25) is 14.9 Å². The van der Waals surface area contributed by atoms with Crippen LogP contribution in [0.25, 0.3) is 5.78 Å². The van der Waals surface area contributed by atoms with Gasteiger partial charge in [-0.25, -0.2) is 4.98 Å². The summed E-state index contributed by atoms with van der Waals surface area (Å²) in [4.78, 5) is 29.3. The molecule has 22 heavy (non-hydrogen) atoms. The highest BCUT2D eigenvalue weighted by Crippen LogP contribution is 2.18. The third-order valence-electron chi connectivity index (χ3n) is 2.86. The van der Waals surface area contributed by atoms with Crippen LogP contribution in [0.15, 0.2) is 0 Å². The van der Waals surface area contributed by atoms with E-state index in [-0.39, 0.29) is 12.2 Å². The van der Waals surface area contributed by atoms with Crippen LogP contribution in [-0.2, 0) is 16.0 Å². The van der Waals surface area contributed by atoms with Crippen LogP contribution in [-0.4, -0.2) is 42.7 Å². The Kier molecular flexibility index (Phi) is 3.73. The molecule has 0 aromatic carbocycles. The summed E-state index contributed by atoms with van der Waals surface area (Å²) in [7, 11) is 0. The van der Waals surface area contributed by atoms with Crippen molar-refractivity contribution in [3.63, 3.8) is 0 Å². The predicted octanol–water partition coefficient (Wildman–Crippen LogP) is 0.869. The van der Waals surface area contributed by atoms with Crippen molar-refractivity contribution in [3.05, 3.63) is 17.0 Å². The molecule has 118 valence electrons. The van der Waals surface area contributed by atoms with E-state index in [2.05, 4.69) is 15.1 Å². The Labute approximate surface area is 121 Å². The molecule has 2 heterocycles. The number of hydrogen-bond acceptors (Lipinski definition) is 5. The molecule has 2 rings (SSSR count). The number of alkyl halides is 3. The summed E-state index contributed by atoms with van der Waals surface area (Å²) in [5.74, 6) is -3.90. The second-order valence-corrected chi connectivity index (χ2v) is 4.43. The molecule has 8 nitrogen and oxygen atoms in total. The molecule has 0 radical (unpaired) electrons. The van der Waals surface area contributed by atoms with Crippen molar-refractivity contribution in [1.29, 1.82) is 0 Å². The molecule has 2 aromatic heterocycles. The van der Waals surface area contributed by atoms with Crippen molar-refractivity contribution in [1.82, 2.24) is 19.6 Å². The van der Waals surface area contributed by atoms with Crippen LogP contribution in [0.1, 0.15) is 17.0 Å². The molecule has 0 atom stereocenters. The van der Waals surface area contributed by atoms with E-state index in [0.29, 0.717) is 17.0 Å². The van der Waals surface area contributed by atoms with Gasteiger partial charge in [0.2, 0.25) is 0 Å². The number of carbonyl (C=O) groups excluding carboxylic acids is 1. The van der Waals surface area contributed by atoms with Crippen LogP contribution in [0.2, 0.25) is 0 Å². The molecule has 2 aromatic rings. The first kappa shape index (κ1) is 15.7. The minimum Gasteiger partial charge on any atom is -0.481 e. The zero-order valence-corrected chi connectivity index (χ0v) is 11.4. The summed E-state index contributed by atoms with van der Waals surface area (Å²) in [5.41, 5.74) is 1.11. The van der Waals surface area contributed by atoms with Gasteiger partial charge in [-0.15, -0.1) is 5.10 Å². The standard InChI is InChI=1S/C11H10F3N5O3/c1-4-6(3-7(20)21)5(2)19-10(15-4)17-9(18-19)16-8(22)11(12,13)14/h3H2,1-2H3,(H,20,21)(H,16,18,22). The first-order chi connectivity index (χ1) is 10.1. The number of amides is 1. The van der Waals surface area contributed by atoms with Gasteiger partial charge in [0.15, 0.2) is 0 Å². The van der Waals surface area contributed by atoms with Gasteiger partial charge in [-0.05, 0) is 13.8 Å². The van der Waals surface area contributed by atoms with E-state index in [1.165, 1.54) is 12.2 Å². The summed E-state index contributed by atoms with van der Waals surface area (Å²) in [6.07, 6.45) is -5.38. The molecule has 0 saturated carbocycles. The van der Waals surface area contributed by atoms with Crippen molar-refractivity contribution in [2.24, 2.45) is 0 Å². The van der Waals surface area contributed by atoms with Crippen LogP contribution in [0, 0.1) is 13.8 Å². The fourth-order valence-corrected chi connectivity index (χ4v) is 1.84. The van der Waals surface area contributed by atoms with Crippen molar-refractivity contribution in [2.75, 3.05) is 5.32 Å². The van der Waals surface area contributed by atoms with Crippen molar-refractivity contribution in [2.45, 2.75) is 26.4 Å². The summed E-state index contributed by atoms with van der Waals surface area (Å²) in [5, 5.41) is 14.1. The first-order valence-corrected chi connectivity index (χ1v) is 5.92. The number of halogens is 3. The Bertz CT molecular complexity index is 768. The number of anilines is 1. The Morgan fingerprint density at radius 1 is 1.27 bits per heavy atom. The molecule has 0 fully saturated rings. The van der Waals surface area contributed by atoms with Crippen molar-refractivity contribution >= 4 is 23.6 Å². The van der Waals surface area contributed by atoms with Crippen LogP contribution >= 0.6 is 0 Å². The fraction of sp³-hybridized carbons (Fsp3) is 0.364. The van der Waals surface area contributed by atoms with Gasteiger partial charge in [0.05, 0.1) is 6.42 Å². The van der Waals surface area contributed by atoms with Gasteiger partial charge in [0, 0.05) is 17.0 Å². The molecule has 11 heteroatoms. The van der Waals surface area contributed by atoms with Crippen LogP contribution in [0.4, 0.5) is 19.1 Å². The van der Waals surface area contributed by atoms with E-state index in [1.54, 1.807) is 6.92 Å². The van der Waals surface area contributed by atoms with E-state index in [9.17, 15) is 22.8 Å². The van der Waals surface area contributed by atoms with E-state index in [4.69, 9.17) is 5.11 Å². The summed E-state index contributed by atoms with van der Waals surface area (Å²) in [6.45, 7) is 3.08. The van der Waals surface area contributed by atoms with Gasteiger partial charge in [0.25, 0.3) is 11.7 Å². The topological polar surface area (TPSA) is 109 Å². The smallest absolute Gasteiger partial charge is 0.471 e. The lowest BCUT2D eigenvalue weighted by Crippen LogP contribution is -2.30. The highest BCUT2D eigenvalue weighted by Gasteiger charge is 2.39. The molecule has 1 amide bonds. The Morgan fingerprint density at radius 3 is 2.45 bits per heavy atom. The quantitative estimate of drug-likeness (QED) is 0.869.